The van der Waals surface area contributed by atoms with Gasteiger partial charge in [-0.15, -0.1) is 0 Å². The lowest BCUT2D eigenvalue weighted by molar-refractivity contribution is -0.138. The Hall–Kier alpha value is -2.41. The summed E-state index contributed by atoms with van der Waals surface area (Å²) in [6.45, 7) is 8.62. The Bertz CT molecular complexity index is 679. The van der Waals surface area contributed by atoms with Gasteiger partial charge in [-0.25, -0.2) is 0 Å². The third-order valence-electron chi connectivity index (χ3n) is 5.14. The van der Waals surface area contributed by atoms with Gasteiger partial charge in [0, 0.05) is 30.4 Å². The first kappa shape index (κ1) is 21.9. The van der Waals surface area contributed by atoms with Gasteiger partial charge in [-0.1, -0.05) is 6.92 Å². The summed E-state index contributed by atoms with van der Waals surface area (Å²) >= 11 is 0. The number of likely N-dealkylation sites (tertiary alicyclic amines) is 1. The molecular weight excluding hydrogens is 356 g/mol. The van der Waals surface area contributed by atoms with Crippen molar-refractivity contribution >= 4 is 29.1 Å². The Morgan fingerprint density at radius 2 is 1.54 bits per heavy atom. The Balaban J connectivity index is 1.88. The van der Waals surface area contributed by atoms with Gasteiger partial charge in [-0.05, 0) is 63.9 Å². The van der Waals surface area contributed by atoms with Crippen LogP contribution >= 0.6 is 0 Å². The quantitative estimate of drug-likeness (QED) is 0.752. The molecule has 1 saturated heterocycles. The minimum Gasteiger partial charge on any atom is -0.336 e. The minimum absolute atomic E-state index is 0.0917. The molecule has 0 aliphatic carbocycles. The molecule has 1 heterocycles. The first-order valence-corrected chi connectivity index (χ1v) is 10.0. The van der Waals surface area contributed by atoms with Crippen molar-refractivity contribution in [2.24, 2.45) is 0 Å². The van der Waals surface area contributed by atoms with Gasteiger partial charge < -0.3 is 15.5 Å². The van der Waals surface area contributed by atoms with E-state index < -0.39 is 0 Å². The molecule has 1 fully saturated rings. The standard InChI is InChI=1S/C21H32N4O3/c1-5-24(14-21(28)25-15(2)7-6-8-16(25)3)13-20(27)23-19-11-9-18(10-12-19)22-17(4)26/h9-12,15-16H,5-8,13-14H2,1-4H3,(H,22,26)(H,23,27)/t15-,16-/m0/s1. The molecule has 2 N–H and O–H groups in total. The van der Waals surface area contributed by atoms with Gasteiger partial charge in [0.25, 0.3) is 0 Å². The van der Waals surface area contributed by atoms with Crippen LogP contribution in [-0.4, -0.2) is 59.2 Å². The van der Waals surface area contributed by atoms with Crippen molar-refractivity contribution in [3.05, 3.63) is 24.3 Å². The molecule has 28 heavy (non-hydrogen) atoms. The van der Waals surface area contributed by atoms with E-state index in [4.69, 9.17) is 0 Å². The molecular formula is C21H32N4O3. The number of rotatable bonds is 7. The second-order valence-corrected chi connectivity index (χ2v) is 7.54. The summed E-state index contributed by atoms with van der Waals surface area (Å²) < 4.78 is 0. The number of likely N-dealkylation sites (N-methyl/N-ethyl adjacent to an activating group) is 1. The fourth-order valence-corrected chi connectivity index (χ4v) is 3.71. The molecule has 0 unspecified atom stereocenters. The summed E-state index contributed by atoms with van der Waals surface area (Å²) in [5.74, 6) is -0.215. The number of anilines is 2. The van der Waals surface area contributed by atoms with Crippen LogP contribution in [0.4, 0.5) is 11.4 Å². The number of benzene rings is 1. The molecule has 154 valence electrons. The number of nitrogens with one attached hydrogen (secondary N) is 2. The van der Waals surface area contributed by atoms with Crippen molar-refractivity contribution in [2.45, 2.75) is 59.0 Å². The van der Waals surface area contributed by atoms with Crippen LogP contribution in [0.1, 0.15) is 47.0 Å². The number of hydrogen-bond donors (Lipinski definition) is 2. The molecule has 1 aromatic carbocycles. The lowest BCUT2D eigenvalue weighted by Gasteiger charge is -2.40. The average molecular weight is 389 g/mol. The summed E-state index contributed by atoms with van der Waals surface area (Å²) in [6.07, 6.45) is 3.24. The molecule has 2 atom stereocenters. The van der Waals surface area contributed by atoms with Gasteiger partial charge in [0.15, 0.2) is 0 Å². The monoisotopic (exact) mass is 388 g/mol. The maximum Gasteiger partial charge on any atom is 0.238 e. The summed E-state index contributed by atoms with van der Waals surface area (Å²) in [5, 5.41) is 5.52. The molecule has 0 radical (unpaired) electrons. The molecule has 7 heteroatoms. The highest BCUT2D eigenvalue weighted by molar-refractivity contribution is 5.93. The molecule has 1 aliphatic rings. The Morgan fingerprint density at radius 3 is 2.04 bits per heavy atom. The van der Waals surface area contributed by atoms with Gasteiger partial charge in [0.05, 0.1) is 13.1 Å². The highest BCUT2D eigenvalue weighted by Crippen LogP contribution is 2.22. The largest absolute Gasteiger partial charge is 0.336 e. The molecule has 1 aromatic rings. The van der Waals surface area contributed by atoms with Gasteiger partial charge >= 0.3 is 0 Å². The zero-order chi connectivity index (χ0) is 20.7. The maximum absolute atomic E-state index is 12.8. The van der Waals surface area contributed by atoms with Crippen molar-refractivity contribution < 1.29 is 14.4 Å². The summed E-state index contributed by atoms with van der Waals surface area (Å²) in [6, 6.07) is 7.45. The molecule has 0 bridgehead atoms. The van der Waals surface area contributed by atoms with Crippen molar-refractivity contribution in [2.75, 3.05) is 30.3 Å². The van der Waals surface area contributed by atoms with Crippen LogP contribution < -0.4 is 10.6 Å². The van der Waals surface area contributed by atoms with E-state index in [1.54, 1.807) is 24.3 Å². The Labute approximate surface area is 167 Å². The van der Waals surface area contributed by atoms with Gasteiger partial charge in [0.2, 0.25) is 17.7 Å². The lowest BCUT2D eigenvalue weighted by atomic mass is 9.97. The van der Waals surface area contributed by atoms with Crippen LogP contribution in [0.3, 0.4) is 0 Å². The molecule has 0 saturated carbocycles. The van der Waals surface area contributed by atoms with Gasteiger partial charge in [-0.3, -0.25) is 19.3 Å². The van der Waals surface area contributed by atoms with Crippen LogP contribution in [0.5, 0.6) is 0 Å². The molecule has 1 aliphatic heterocycles. The number of amides is 3. The van der Waals surface area contributed by atoms with E-state index in [1.165, 1.54) is 6.92 Å². The topological polar surface area (TPSA) is 81.8 Å². The fourth-order valence-electron chi connectivity index (χ4n) is 3.71. The SMILES string of the molecule is CCN(CC(=O)Nc1ccc(NC(C)=O)cc1)CC(=O)N1[C@@H](C)CCC[C@@H]1C. The lowest BCUT2D eigenvalue weighted by Crippen LogP contribution is -2.51. The van der Waals surface area contributed by atoms with E-state index in [0.717, 1.165) is 19.3 Å². The normalized spacial score (nSPS) is 19.4. The molecule has 0 spiro atoms. The van der Waals surface area contributed by atoms with E-state index >= 15 is 0 Å². The Kier molecular flexibility index (Phi) is 7.99. The van der Waals surface area contributed by atoms with Crippen LogP contribution in [0, 0.1) is 0 Å². The third-order valence-corrected chi connectivity index (χ3v) is 5.14. The molecule has 0 aromatic heterocycles. The predicted molar refractivity (Wildman–Crippen MR) is 111 cm³/mol. The van der Waals surface area contributed by atoms with E-state index in [1.807, 2.05) is 16.7 Å². The second kappa shape index (κ2) is 10.2. The van der Waals surface area contributed by atoms with Crippen LogP contribution in [0.2, 0.25) is 0 Å². The van der Waals surface area contributed by atoms with Gasteiger partial charge in [0.1, 0.15) is 0 Å². The fraction of sp³-hybridized carbons (Fsp3) is 0.571. The van der Waals surface area contributed by atoms with Gasteiger partial charge in [-0.2, -0.15) is 0 Å². The highest BCUT2D eigenvalue weighted by Gasteiger charge is 2.29. The number of carbonyl (C=O) groups is 3. The molecule has 2 rings (SSSR count). The third kappa shape index (κ3) is 6.34. The number of piperidine rings is 1. The van der Waals surface area contributed by atoms with Crippen molar-refractivity contribution in [1.29, 1.82) is 0 Å². The van der Waals surface area contributed by atoms with Crippen molar-refractivity contribution in [3.63, 3.8) is 0 Å². The first-order chi connectivity index (χ1) is 13.3. The average Bonchev–Trinajstić information content (AvgIpc) is 2.62. The van der Waals surface area contributed by atoms with Crippen LogP contribution in [0.25, 0.3) is 0 Å². The minimum atomic E-state index is -0.165. The van der Waals surface area contributed by atoms with Crippen LogP contribution in [-0.2, 0) is 14.4 Å². The zero-order valence-corrected chi connectivity index (χ0v) is 17.3. The Morgan fingerprint density at radius 1 is 1.00 bits per heavy atom. The highest BCUT2D eigenvalue weighted by atomic mass is 16.2. The predicted octanol–water partition coefficient (Wildman–Crippen LogP) is 2.69. The van der Waals surface area contributed by atoms with E-state index in [-0.39, 0.29) is 42.9 Å². The zero-order valence-electron chi connectivity index (χ0n) is 17.3. The van der Waals surface area contributed by atoms with Crippen molar-refractivity contribution in [1.82, 2.24) is 9.80 Å². The first-order valence-electron chi connectivity index (χ1n) is 10.0. The smallest absolute Gasteiger partial charge is 0.238 e. The summed E-state index contributed by atoms with van der Waals surface area (Å²) in [5.41, 5.74) is 1.33. The van der Waals surface area contributed by atoms with Crippen LogP contribution in [0.15, 0.2) is 24.3 Å². The van der Waals surface area contributed by atoms with E-state index in [2.05, 4.69) is 24.5 Å². The number of nitrogens with zero attached hydrogens (tertiary/aromatic N) is 2. The number of carbonyl (C=O) groups excluding carboxylic acids is 3. The molecule has 3 amide bonds. The summed E-state index contributed by atoms with van der Waals surface area (Å²) in [7, 11) is 0. The molecule has 7 nitrogen and oxygen atoms in total. The maximum atomic E-state index is 12.8. The van der Waals surface area contributed by atoms with Crippen molar-refractivity contribution in [3.8, 4) is 0 Å². The second-order valence-electron chi connectivity index (χ2n) is 7.54. The van der Waals surface area contributed by atoms with E-state index in [9.17, 15) is 14.4 Å². The number of hydrogen-bond acceptors (Lipinski definition) is 4. The van der Waals surface area contributed by atoms with E-state index in [0.29, 0.717) is 17.9 Å². The summed E-state index contributed by atoms with van der Waals surface area (Å²) in [4.78, 5) is 40.0.